The standard InChI is InChI=1S/C19H21N5O3/c1-12-16(17(23-27-12)13-7-3-2-4-8-13)19-22-21-15(26-19)11-24-10-6-5-9-14(24)18(20)25/h2-4,7-8,14H,5-6,9-11H2,1H3,(H2,20,25)/p+1/t14-/m0/s1. The van der Waals surface area contributed by atoms with E-state index in [1.165, 1.54) is 0 Å². The van der Waals surface area contributed by atoms with E-state index in [4.69, 9.17) is 14.7 Å². The molecule has 4 rings (SSSR count). The van der Waals surface area contributed by atoms with Crippen LogP contribution in [0, 0.1) is 6.92 Å². The van der Waals surface area contributed by atoms with Crippen molar-refractivity contribution in [2.75, 3.05) is 6.54 Å². The second-order valence-electron chi connectivity index (χ2n) is 6.87. The van der Waals surface area contributed by atoms with Gasteiger partial charge in [-0.1, -0.05) is 35.5 Å². The summed E-state index contributed by atoms with van der Waals surface area (Å²) in [4.78, 5) is 12.8. The van der Waals surface area contributed by atoms with E-state index in [9.17, 15) is 4.79 Å². The Kier molecular flexibility index (Phi) is 4.72. The quantitative estimate of drug-likeness (QED) is 0.698. The molecule has 1 fully saturated rings. The number of piperidine rings is 1. The molecule has 1 aliphatic rings. The molecular formula is C19H22N5O3+. The van der Waals surface area contributed by atoms with Crippen LogP contribution in [-0.2, 0) is 11.3 Å². The van der Waals surface area contributed by atoms with E-state index in [2.05, 4.69) is 15.4 Å². The second-order valence-corrected chi connectivity index (χ2v) is 6.87. The maximum absolute atomic E-state index is 11.7. The molecule has 0 saturated carbocycles. The lowest BCUT2D eigenvalue weighted by molar-refractivity contribution is -0.935. The number of hydrogen-bond acceptors (Lipinski definition) is 6. The first-order valence-electron chi connectivity index (χ1n) is 9.12. The lowest BCUT2D eigenvalue weighted by Crippen LogP contribution is -3.16. The van der Waals surface area contributed by atoms with Crippen molar-refractivity contribution in [3.63, 3.8) is 0 Å². The Balaban J connectivity index is 1.60. The fourth-order valence-electron chi connectivity index (χ4n) is 3.67. The van der Waals surface area contributed by atoms with Gasteiger partial charge in [0, 0.05) is 12.0 Å². The highest BCUT2D eigenvalue weighted by Gasteiger charge is 2.32. The summed E-state index contributed by atoms with van der Waals surface area (Å²) in [6, 6.07) is 9.52. The van der Waals surface area contributed by atoms with E-state index in [0.29, 0.717) is 35.3 Å². The maximum Gasteiger partial charge on any atom is 0.275 e. The number of nitrogens with two attached hydrogens (primary N) is 1. The molecule has 1 saturated heterocycles. The molecule has 0 radical (unpaired) electrons. The summed E-state index contributed by atoms with van der Waals surface area (Å²) < 4.78 is 11.3. The molecule has 3 heterocycles. The first kappa shape index (κ1) is 17.4. The number of quaternary nitrogens is 1. The van der Waals surface area contributed by atoms with Gasteiger partial charge in [-0.25, -0.2) is 0 Å². The average molecular weight is 368 g/mol. The van der Waals surface area contributed by atoms with E-state index in [0.717, 1.165) is 36.3 Å². The molecule has 2 aromatic heterocycles. The molecule has 0 aliphatic carbocycles. The summed E-state index contributed by atoms with van der Waals surface area (Å²) in [6.45, 7) is 3.16. The molecule has 27 heavy (non-hydrogen) atoms. The number of aryl methyl sites for hydroxylation is 1. The predicted molar refractivity (Wildman–Crippen MR) is 96.3 cm³/mol. The highest BCUT2D eigenvalue weighted by molar-refractivity contribution is 5.78. The number of carbonyl (C=O) groups is 1. The maximum atomic E-state index is 11.7. The molecule has 8 nitrogen and oxygen atoms in total. The third kappa shape index (κ3) is 3.48. The fourth-order valence-corrected chi connectivity index (χ4v) is 3.67. The molecule has 1 amide bonds. The van der Waals surface area contributed by atoms with Crippen molar-refractivity contribution in [3.05, 3.63) is 42.0 Å². The highest BCUT2D eigenvalue weighted by Crippen LogP contribution is 2.33. The lowest BCUT2D eigenvalue weighted by atomic mass is 10.0. The number of aromatic nitrogens is 3. The molecular weight excluding hydrogens is 346 g/mol. The van der Waals surface area contributed by atoms with Gasteiger partial charge < -0.3 is 19.6 Å². The predicted octanol–water partition coefficient (Wildman–Crippen LogP) is 1.12. The lowest BCUT2D eigenvalue weighted by Gasteiger charge is -2.29. The summed E-state index contributed by atoms with van der Waals surface area (Å²) in [5, 5.41) is 12.5. The van der Waals surface area contributed by atoms with Gasteiger partial charge in [-0.3, -0.25) is 4.79 Å². The third-order valence-corrected chi connectivity index (χ3v) is 5.05. The van der Waals surface area contributed by atoms with Crippen molar-refractivity contribution in [1.29, 1.82) is 0 Å². The van der Waals surface area contributed by atoms with Crippen LogP contribution in [0.5, 0.6) is 0 Å². The van der Waals surface area contributed by atoms with Crippen molar-refractivity contribution in [3.8, 4) is 22.7 Å². The minimum atomic E-state index is -0.273. The number of hydrogen-bond donors (Lipinski definition) is 2. The molecule has 140 valence electrons. The molecule has 3 aromatic rings. The van der Waals surface area contributed by atoms with Gasteiger partial charge in [0.15, 0.2) is 12.6 Å². The van der Waals surface area contributed by atoms with Crippen LogP contribution in [-0.4, -0.2) is 33.8 Å². The minimum Gasteiger partial charge on any atom is -0.415 e. The van der Waals surface area contributed by atoms with Gasteiger partial charge in [0.05, 0.1) is 6.54 Å². The number of likely N-dealkylation sites (tertiary alicyclic amines) is 1. The minimum absolute atomic E-state index is 0.202. The zero-order chi connectivity index (χ0) is 18.8. The Morgan fingerprint density at radius 2 is 2.07 bits per heavy atom. The Labute approximate surface area is 156 Å². The van der Waals surface area contributed by atoms with E-state index < -0.39 is 0 Å². The van der Waals surface area contributed by atoms with Crippen molar-refractivity contribution < 1.29 is 18.6 Å². The van der Waals surface area contributed by atoms with E-state index in [1.807, 2.05) is 37.3 Å². The number of primary amides is 1. The summed E-state index contributed by atoms with van der Waals surface area (Å²) in [7, 11) is 0. The van der Waals surface area contributed by atoms with Gasteiger partial charge in [0.2, 0.25) is 0 Å². The van der Waals surface area contributed by atoms with Gasteiger partial charge in [-0.05, 0) is 19.8 Å². The Bertz CT molecular complexity index is 934. The molecule has 3 N–H and O–H groups in total. The monoisotopic (exact) mass is 368 g/mol. The first-order valence-corrected chi connectivity index (χ1v) is 9.12. The number of amides is 1. The van der Waals surface area contributed by atoms with Crippen LogP contribution >= 0.6 is 0 Å². The molecule has 8 heteroatoms. The van der Waals surface area contributed by atoms with Crippen LogP contribution < -0.4 is 10.6 Å². The van der Waals surface area contributed by atoms with Crippen LogP contribution in [0.4, 0.5) is 0 Å². The Morgan fingerprint density at radius 1 is 1.26 bits per heavy atom. The van der Waals surface area contributed by atoms with E-state index >= 15 is 0 Å². The van der Waals surface area contributed by atoms with Crippen molar-refractivity contribution in [2.24, 2.45) is 5.73 Å². The van der Waals surface area contributed by atoms with Crippen molar-refractivity contribution in [2.45, 2.75) is 38.8 Å². The molecule has 1 unspecified atom stereocenters. The number of nitrogens with zero attached hydrogens (tertiary/aromatic N) is 3. The Hall–Kier alpha value is -3.00. The third-order valence-electron chi connectivity index (χ3n) is 5.05. The van der Waals surface area contributed by atoms with Crippen molar-refractivity contribution in [1.82, 2.24) is 15.4 Å². The first-order chi connectivity index (χ1) is 13.1. The summed E-state index contributed by atoms with van der Waals surface area (Å²) in [6.07, 6.45) is 2.88. The van der Waals surface area contributed by atoms with Gasteiger partial charge in [-0.2, -0.15) is 0 Å². The van der Waals surface area contributed by atoms with Crippen molar-refractivity contribution >= 4 is 5.91 Å². The van der Waals surface area contributed by atoms with Gasteiger partial charge in [0.1, 0.15) is 17.0 Å². The molecule has 1 aromatic carbocycles. The number of benzene rings is 1. The summed E-state index contributed by atoms with van der Waals surface area (Å²) >= 11 is 0. The summed E-state index contributed by atoms with van der Waals surface area (Å²) in [5.74, 6) is 1.19. The number of carbonyl (C=O) groups excluding carboxylic acids is 1. The second kappa shape index (κ2) is 7.32. The number of nitrogens with one attached hydrogen (secondary N) is 1. The molecule has 2 atom stereocenters. The topological polar surface area (TPSA) is 112 Å². The average Bonchev–Trinajstić information content (AvgIpc) is 3.29. The smallest absolute Gasteiger partial charge is 0.275 e. The highest BCUT2D eigenvalue weighted by atomic mass is 16.5. The SMILES string of the molecule is Cc1onc(-c2ccccc2)c1-c1nnc(C[NH+]2CCCC[C@H]2C(N)=O)o1. The molecule has 0 bridgehead atoms. The van der Waals surface area contributed by atoms with Gasteiger partial charge in [0.25, 0.3) is 17.7 Å². The van der Waals surface area contributed by atoms with Crippen LogP contribution in [0.15, 0.2) is 39.3 Å². The van der Waals surface area contributed by atoms with Crippen LogP contribution in [0.3, 0.4) is 0 Å². The normalized spacial score (nSPS) is 19.9. The van der Waals surface area contributed by atoms with Crippen LogP contribution in [0.2, 0.25) is 0 Å². The van der Waals surface area contributed by atoms with Gasteiger partial charge in [-0.15, -0.1) is 10.2 Å². The van der Waals surface area contributed by atoms with Gasteiger partial charge >= 0.3 is 0 Å². The van der Waals surface area contributed by atoms with E-state index in [1.54, 1.807) is 0 Å². The van der Waals surface area contributed by atoms with Crippen LogP contribution in [0.1, 0.15) is 30.9 Å². The Morgan fingerprint density at radius 3 is 2.85 bits per heavy atom. The zero-order valence-corrected chi connectivity index (χ0v) is 15.1. The van der Waals surface area contributed by atoms with Crippen LogP contribution in [0.25, 0.3) is 22.7 Å². The molecule has 1 aliphatic heterocycles. The molecule has 0 spiro atoms. The largest absolute Gasteiger partial charge is 0.415 e. The fraction of sp³-hybridized carbons (Fsp3) is 0.368. The van der Waals surface area contributed by atoms with E-state index in [-0.39, 0.29) is 11.9 Å². The zero-order valence-electron chi connectivity index (χ0n) is 15.1. The number of rotatable bonds is 5. The summed E-state index contributed by atoms with van der Waals surface area (Å²) in [5.41, 5.74) is 7.83.